The van der Waals surface area contributed by atoms with E-state index in [-0.39, 0.29) is 28.1 Å². The van der Waals surface area contributed by atoms with E-state index >= 15 is 0 Å². The Morgan fingerprint density at radius 1 is 1.18 bits per heavy atom. The fourth-order valence-corrected chi connectivity index (χ4v) is 5.23. The molecule has 2 aromatic heterocycles. The summed E-state index contributed by atoms with van der Waals surface area (Å²) in [6.45, 7) is 2.65. The molecule has 0 unspecified atom stereocenters. The second-order valence-electron chi connectivity index (χ2n) is 8.14. The minimum atomic E-state index is -4.15. The minimum absolute atomic E-state index is 0.00307. The summed E-state index contributed by atoms with van der Waals surface area (Å²) in [6, 6.07) is 12.8. The van der Waals surface area contributed by atoms with Crippen LogP contribution in [0.1, 0.15) is 24.0 Å². The lowest BCUT2D eigenvalue weighted by atomic mass is 9.96. The zero-order valence-corrected chi connectivity index (χ0v) is 19.3. The molecule has 1 aliphatic heterocycles. The lowest BCUT2D eigenvalue weighted by Crippen LogP contribution is -2.40. The number of pyridine rings is 1. The third kappa shape index (κ3) is 4.18. The molecule has 0 atom stereocenters. The molecule has 0 spiro atoms. The predicted molar refractivity (Wildman–Crippen MR) is 128 cm³/mol. The first-order chi connectivity index (χ1) is 16.2. The van der Waals surface area contributed by atoms with Crippen molar-refractivity contribution in [1.29, 1.82) is 5.26 Å². The maximum Gasteiger partial charge on any atom is 0.267 e. The molecule has 0 radical (unpaired) electrons. The zero-order chi connectivity index (χ0) is 24.5. The number of amides is 1. The van der Waals surface area contributed by atoms with E-state index in [1.807, 2.05) is 17.9 Å². The number of nitrogens with zero attached hydrogens (tertiary/aromatic N) is 4. The van der Waals surface area contributed by atoms with Gasteiger partial charge >= 0.3 is 0 Å². The molecule has 1 fully saturated rings. The van der Waals surface area contributed by atoms with Crippen LogP contribution in [0.15, 0.2) is 63.3 Å². The Labute approximate surface area is 196 Å². The number of sulfone groups is 1. The second kappa shape index (κ2) is 9.11. The van der Waals surface area contributed by atoms with Gasteiger partial charge < -0.3 is 10.6 Å². The number of aromatic nitrogens is 2. The summed E-state index contributed by atoms with van der Waals surface area (Å²) in [7, 11) is -4.15. The van der Waals surface area contributed by atoms with Crippen molar-refractivity contribution >= 4 is 33.3 Å². The highest BCUT2D eigenvalue weighted by Gasteiger charge is 2.28. The van der Waals surface area contributed by atoms with Crippen molar-refractivity contribution in [2.45, 2.75) is 24.7 Å². The molecule has 0 saturated carbocycles. The van der Waals surface area contributed by atoms with Gasteiger partial charge in [-0.25, -0.2) is 13.4 Å². The topological polar surface area (TPSA) is 139 Å². The van der Waals surface area contributed by atoms with Crippen molar-refractivity contribution in [1.82, 2.24) is 9.38 Å². The molecule has 3 heterocycles. The summed E-state index contributed by atoms with van der Waals surface area (Å²) < 4.78 is 27.6. The van der Waals surface area contributed by atoms with Gasteiger partial charge in [0.25, 0.3) is 5.56 Å². The van der Waals surface area contributed by atoms with E-state index in [1.54, 1.807) is 36.5 Å². The van der Waals surface area contributed by atoms with Crippen molar-refractivity contribution < 1.29 is 13.2 Å². The van der Waals surface area contributed by atoms with Gasteiger partial charge in [-0.05, 0) is 49.6 Å². The summed E-state index contributed by atoms with van der Waals surface area (Å²) >= 11 is 0. The Balaban J connectivity index is 1.92. The van der Waals surface area contributed by atoms with E-state index in [4.69, 9.17) is 10.7 Å². The highest BCUT2D eigenvalue weighted by molar-refractivity contribution is 7.95. The van der Waals surface area contributed by atoms with Crippen molar-refractivity contribution in [2.75, 3.05) is 18.0 Å². The van der Waals surface area contributed by atoms with Gasteiger partial charge in [0, 0.05) is 25.2 Å². The highest BCUT2D eigenvalue weighted by atomic mass is 32.2. The summed E-state index contributed by atoms with van der Waals surface area (Å²) in [5.41, 5.74) is 6.15. The first kappa shape index (κ1) is 23.2. The van der Waals surface area contributed by atoms with Crippen LogP contribution in [-0.2, 0) is 14.6 Å². The minimum Gasteiger partial charge on any atom is -0.369 e. The number of aryl methyl sites for hydroxylation is 1. The molecular weight excluding hydrogens is 454 g/mol. The number of primary amides is 1. The molecule has 4 rings (SSSR count). The maximum absolute atomic E-state index is 13.5. The Hall–Kier alpha value is -3.97. The van der Waals surface area contributed by atoms with E-state index in [1.165, 1.54) is 16.5 Å². The summed E-state index contributed by atoms with van der Waals surface area (Å²) in [5, 5.41) is 9.74. The van der Waals surface area contributed by atoms with E-state index in [2.05, 4.69) is 0 Å². The number of rotatable bonds is 5. The molecule has 1 saturated heterocycles. The third-order valence-electron chi connectivity index (χ3n) is 5.99. The Bertz CT molecular complexity index is 1500. The molecule has 34 heavy (non-hydrogen) atoms. The Morgan fingerprint density at radius 3 is 2.47 bits per heavy atom. The van der Waals surface area contributed by atoms with Gasteiger partial charge in [0.1, 0.15) is 22.4 Å². The van der Waals surface area contributed by atoms with Crippen LogP contribution in [0.5, 0.6) is 0 Å². The van der Waals surface area contributed by atoms with Crippen LogP contribution < -0.4 is 16.2 Å². The van der Waals surface area contributed by atoms with Gasteiger partial charge in [0.2, 0.25) is 15.7 Å². The summed E-state index contributed by atoms with van der Waals surface area (Å²) in [6.07, 6.45) is 3.62. The van der Waals surface area contributed by atoms with Gasteiger partial charge in [-0.2, -0.15) is 5.26 Å². The van der Waals surface area contributed by atoms with E-state index < -0.39 is 20.3 Å². The third-order valence-corrected chi connectivity index (χ3v) is 7.67. The number of anilines is 1. The number of carbonyl (C=O) groups excluding carboxylic acids is 1. The number of nitriles is 1. The Kier molecular flexibility index (Phi) is 6.22. The number of hydrogen-bond donors (Lipinski definition) is 1. The van der Waals surface area contributed by atoms with Crippen LogP contribution in [0.2, 0.25) is 0 Å². The number of piperidine rings is 1. The van der Waals surface area contributed by atoms with Crippen LogP contribution in [-0.4, -0.2) is 36.8 Å². The SMILES string of the molecule is Cc1cccn2c(=O)c(/C=C(\C#N)S(=O)(=O)c3ccccc3)c(N3CCC(C(N)=O)CC3)nc12. The molecule has 1 aliphatic rings. The maximum atomic E-state index is 13.5. The lowest BCUT2D eigenvalue weighted by Gasteiger charge is -2.32. The zero-order valence-electron chi connectivity index (χ0n) is 18.5. The van der Waals surface area contributed by atoms with Crippen LogP contribution >= 0.6 is 0 Å². The van der Waals surface area contributed by atoms with Gasteiger partial charge in [0.15, 0.2) is 0 Å². The average molecular weight is 478 g/mol. The molecule has 0 bridgehead atoms. The molecule has 2 N–H and O–H groups in total. The molecule has 0 aliphatic carbocycles. The van der Waals surface area contributed by atoms with Gasteiger partial charge in [0.05, 0.1) is 10.5 Å². The van der Waals surface area contributed by atoms with E-state index in [0.29, 0.717) is 31.6 Å². The standard InChI is InChI=1S/C24H23N5O4S/c1-16-6-5-11-29-22(16)27-23(28-12-9-17(10-13-28)21(26)30)20(24(29)31)14-19(15-25)34(32,33)18-7-3-2-4-8-18/h2-8,11,14,17H,9-10,12-13H2,1H3,(H2,26,30)/b19-14+. The molecular formula is C24H23N5O4S. The molecule has 9 nitrogen and oxygen atoms in total. The van der Waals surface area contributed by atoms with Gasteiger partial charge in [-0.3, -0.25) is 14.0 Å². The summed E-state index contributed by atoms with van der Waals surface area (Å²) in [4.78, 5) is 31.0. The first-order valence-electron chi connectivity index (χ1n) is 10.7. The van der Waals surface area contributed by atoms with Crippen molar-refractivity contribution in [3.63, 3.8) is 0 Å². The molecule has 3 aromatic rings. The number of benzene rings is 1. The van der Waals surface area contributed by atoms with Crippen LogP contribution in [0.3, 0.4) is 0 Å². The van der Waals surface area contributed by atoms with Crippen molar-refractivity contribution in [3.8, 4) is 6.07 Å². The van der Waals surface area contributed by atoms with Crippen LogP contribution in [0.25, 0.3) is 11.7 Å². The molecule has 10 heteroatoms. The highest BCUT2D eigenvalue weighted by Crippen LogP contribution is 2.28. The lowest BCUT2D eigenvalue weighted by molar-refractivity contribution is -0.122. The van der Waals surface area contributed by atoms with Crippen molar-refractivity contribution in [2.24, 2.45) is 11.7 Å². The molecule has 1 aromatic carbocycles. The number of carbonyl (C=O) groups is 1. The first-order valence-corrected chi connectivity index (χ1v) is 12.2. The fraction of sp³-hybridized carbons (Fsp3) is 0.250. The number of fused-ring (bicyclic) bond motifs is 1. The average Bonchev–Trinajstić information content (AvgIpc) is 2.84. The van der Waals surface area contributed by atoms with E-state index in [0.717, 1.165) is 11.6 Å². The monoisotopic (exact) mass is 477 g/mol. The van der Waals surface area contributed by atoms with Gasteiger partial charge in [-0.15, -0.1) is 0 Å². The fourth-order valence-electron chi connectivity index (χ4n) is 4.07. The number of allylic oxidation sites excluding steroid dienone is 1. The summed E-state index contributed by atoms with van der Waals surface area (Å²) in [5.74, 6) is -0.368. The van der Waals surface area contributed by atoms with Crippen LogP contribution in [0, 0.1) is 24.2 Å². The smallest absolute Gasteiger partial charge is 0.267 e. The largest absolute Gasteiger partial charge is 0.369 e. The molecule has 174 valence electrons. The second-order valence-corrected chi connectivity index (χ2v) is 10.1. The number of nitrogens with two attached hydrogens (primary N) is 1. The normalized spacial score (nSPS) is 15.3. The van der Waals surface area contributed by atoms with Crippen molar-refractivity contribution in [3.05, 3.63) is 75.0 Å². The predicted octanol–water partition coefficient (Wildman–Crippen LogP) is 2.04. The molecule has 1 amide bonds. The van der Waals surface area contributed by atoms with Gasteiger partial charge in [-0.1, -0.05) is 24.3 Å². The number of hydrogen-bond acceptors (Lipinski definition) is 7. The van der Waals surface area contributed by atoms with E-state index in [9.17, 15) is 23.3 Å². The Morgan fingerprint density at radius 2 is 1.85 bits per heavy atom. The quantitative estimate of drug-likeness (QED) is 0.555. The van der Waals surface area contributed by atoms with Crippen LogP contribution in [0.4, 0.5) is 5.82 Å².